The lowest BCUT2D eigenvalue weighted by Crippen LogP contribution is -2.40. The van der Waals surface area contributed by atoms with Crippen molar-refractivity contribution in [1.82, 2.24) is 5.32 Å². The summed E-state index contributed by atoms with van der Waals surface area (Å²) in [6, 6.07) is 8.63. The summed E-state index contributed by atoms with van der Waals surface area (Å²) in [4.78, 5) is 12.1. The molecule has 120 valence electrons. The van der Waals surface area contributed by atoms with Gasteiger partial charge in [-0.2, -0.15) is 0 Å². The van der Waals surface area contributed by atoms with Crippen LogP contribution in [-0.4, -0.2) is 17.7 Å². The zero-order chi connectivity index (χ0) is 15.5. The lowest BCUT2D eigenvalue weighted by Gasteiger charge is -2.28. The summed E-state index contributed by atoms with van der Waals surface area (Å²) in [5.74, 6) is 4.16. The molecule has 2 bridgehead atoms. The maximum absolute atomic E-state index is 12.1. The number of hydrogen-bond acceptors (Lipinski definition) is 2. The lowest BCUT2D eigenvalue weighted by atomic mass is 9.84. The molecule has 0 heterocycles. The standard InChI is InChI=1S/C18H24BrNOS/c1-12(17-9-13-5-6-15(17)7-13)20-18(21)11-22-10-14-3-2-4-16(19)8-14/h2-4,8,12-13,15,17H,5-7,9-11H2,1H3,(H,20,21)/t12-,13-,15-,17-/m0/s1. The van der Waals surface area contributed by atoms with Gasteiger partial charge in [-0.05, 0) is 61.6 Å². The van der Waals surface area contributed by atoms with Crippen molar-refractivity contribution in [2.45, 2.75) is 44.4 Å². The fourth-order valence-electron chi connectivity index (χ4n) is 4.20. The highest BCUT2D eigenvalue weighted by atomic mass is 79.9. The molecule has 1 aromatic rings. The van der Waals surface area contributed by atoms with Crippen LogP contribution in [0.2, 0.25) is 0 Å². The zero-order valence-electron chi connectivity index (χ0n) is 13.1. The molecule has 0 spiro atoms. The smallest absolute Gasteiger partial charge is 0.230 e. The molecule has 0 radical (unpaired) electrons. The first kappa shape index (κ1) is 16.4. The predicted octanol–water partition coefficient (Wildman–Crippen LogP) is 4.62. The Morgan fingerprint density at radius 2 is 2.27 bits per heavy atom. The minimum Gasteiger partial charge on any atom is -0.353 e. The Balaban J connectivity index is 1.39. The van der Waals surface area contributed by atoms with Gasteiger partial charge < -0.3 is 5.32 Å². The second kappa shape index (κ2) is 7.39. The monoisotopic (exact) mass is 381 g/mol. The van der Waals surface area contributed by atoms with Crippen LogP contribution in [0.25, 0.3) is 0 Å². The summed E-state index contributed by atoms with van der Waals surface area (Å²) in [5, 5.41) is 3.24. The number of carbonyl (C=O) groups is 1. The molecule has 1 aromatic carbocycles. The SMILES string of the molecule is C[C@H](NC(=O)CSCc1cccc(Br)c1)[C@@H]1C[C@H]2CC[C@H]1C2. The van der Waals surface area contributed by atoms with Gasteiger partial charge in [0.25, 0.3) is 0 Å². The Bertz CT molecular complexity index is 536. The van der Waals surface area contributed by atoms with E-state index in [1.54, 1.807) is 11.8 Å². The van der Waals surface area contributed by atoms with Gasteiger partial charge in [-0.15, -0.1) is 11.8 Å². The highest BCUT2D eigenvalue weighted by molar-refractivity contribution is 9.10. The number of benzene rings is 1. The largest absolute Gasteiger partial charge is 0.353 e. The molecule has 2 saturated carbocycles. The van der Waals surface area contributed by atoms with E-state index in [4.69, 9.17) is 0 Å². The van der Waals surface area contributed by atoms with E-state index in [-0.39, 0.29) is 5.91 Å². The van der Waals surface area contributed by atoms with Crippen molar-refractivity contribution >= 4 is 33.6 Å². The van der Waals surface area contributed by atoms with Crippen LogP contribution in [0.5, 0.6) is 0 Å². The first-order chi connectivity index (χ1) is 10.6. The summed E-state index contributed by atoms with van der Waals surface area (Å²) >= 11 is 5.17. The second-order valence-electron chi connectivity index (χ2n) is 6.82. The molecule has 2 aliphatic carbocycles. The van der Waals surface area contributed by atoms with Crippen molar-refractivity contribution in [3.8, 4) is 0 Å². The fraction of sp³-hybridized carbons (Fsp3) is 0.611. The molecule has 2 aliphatic rings. The molecule has 1 N–H and O–H groups in total. The molecule has 4 atom stereocenters. The highest BCUT2D eigenvalue weighted by Gasteiger charge is 2.42. The topological polar surface area (TPSA) is 29.1 Å². The lowest BCUT2D eigenvalue weighted by molar-refractivity contribution is -0.119. The van der Waals surface area contributed by atoms with E-state index in [1.165, 1.54) is 31.2 Å². The molecule has 22 heavy (non-hydrogen) atoms. The molecule has 0 unspecified atom stereocenters. The van der Waals surface area contributed by atoms with E-state index >= 15 is 0 Å². The molecule has 0 aromatic heterocycles. The van der Waals surface area contributed by atoms with Crippen LogP contribution in [0.1, 0.15) is 38.2 Å². The number of fused-ring (bicyclic) bond motifs is 2. The van der Waals surface area contributed by atoms with Gasteiger partial charge in [0.1, 0.15) is 0 Å². The van der Waals surface area contributed by atoms with Gasteiger partial charge in [0.2, 0.25) is 5.91 Å². The molecule has 4 heteroatoms. The average molecular weight is 382 g/mol. The van der Waals surface area contributed by atoms with E-state index in [9.17, 15) is 4.79 Å². The molecule has 1 amide bonds. The number of hydrogen-bond donors (Lipinski definition) is 1. The third kappa shape index (κ3) is 4.08. The van der Waals surface area contributed by atoms with Gasteiger partial charge in [0.05, 0.1) is 5.75 Å². The number of amides is 1. The first-order valence-electron chi connectivity index (χ1n) is 8.23. The number of thioether (sulfide) groups is 1. The minimum atomic E-state index is 0.190. The van der Waals surface area contributed by atoms with Crippen molar-refractivity contribution in [2.75, 3.05) is 5.75 Å². The summed E-state index contributed by atoms with van der Waals surface area (Å²) in [6.07, 6.45) is 5.54. The fourth-order valence-corrected chi connectivity index (χ4v) is 5.43. The van der Waals surface area contributed by atoms with Crippen LogP contribution >= 0.6 is 27.7 Å². The normalized spacial score (nSPS) is 27.8. The third-order valence-electron chi connectivity index (χ3n) is 5.21. The van der Waals surface area contributed by atoms with E-state index in [0.29, 0.717) is 11.8 Å². The van der Waals surface area contributed by atoms with E-state index < -0.39 is 0 Å². The van der Waals surface area contributed by atoms with Crippen molar-refractivity contribution in [3.63, 3.8) is 0 Å². The van der Waals surface area contributed by atoms with E-state index in [2.05, 4.69) is 40.3 Å². The van der Waals surface area contributed by atoms with Gasteiger partial charge in [-0.1, -0.05) is 34.5 Å². The Kier molecular flexibility index (Phi) is 5.50. The Morgan fingerprint density at radius 1 is 1.41 bits per heavy atom. The highest BCUT2D eigenvalue weighted by Crippen LogP contribution is 2.49. The van der Waals surface area contributed by atoms with Crippen LogP contribution in [-0.2, 0) is 10.5 Å². The van der Waals surface area contributed by atoms with Crippen LogP contribution in [0, 0.1) is 17.8 Å². The summed E-state index contributed by atoms with van der Waals surface area (Å²) in [7, 11) is 0. The van der Waals surface area contributed by atoms with E-state index in [1.807, 2.05) is 12.1 Å². The maximum atomic E-state index is 12.1. The van der Waals surface area contributed by atoms with Crippen molar-refractivity contribution < 1.29 is 4.79 Å². The molecule has 0 saturated heterocycles. The van der Waals surface area contributed by atoms with Crippen LogP contribution < -0.4 is 5.32 Å². The Morgan fingerprint density at radius 3 is 2.95 bits per heavy atom. The van der Waals surface area contributed by atoms with Crippen molar-refractivity contribution in [2.24, 2.45) is 17.8 Å². The number of halogens is 1. The van der Waals surface area contributed by atoms with Crippen LogP contribution in [0.4, 0.5) is 0 Å². The predicted molar refractivity (Wildman–Crippen MR) is 96.8 cm³/mol. The van der Waals surface area contributed by atoms with Gasteiger partial charge in [-0.3, -0.25) is 4.79 Å². The van der Waals surface area contributed by atoms with Gasteiger partial charge in [0.15, 0.2) is 0 Å². The molecule has 2 nitrogen and oxygen atoms in total. The number of nitrogens with one attached hydrogen (secondary N) is 1. The van der Waals surface area contributed by atoms with Gasteiger partial charge in [-0.25, -0.2) is 0 Å². The molecule has 3 rings (SSSR count). The van der Waals surface area contributed by atoms with E-state index in [0.717, 1.165) is 28.0 Å². The van der Waals surface area contributed by atoms with Gasteiger partial charge in [0, 0.05) is 16.3 Å². The van der Waals surface area contributed by atoms with Gasteiger partial charge >= 0.3 is 0 Å². The summed E-state index contributed by atoms with van der Waals surface area (Å²) in [6.45, 7) is 2.20. The second-order valence-corrected chi connectivity index (χ2v) is 8.72. The Hall–Kier alpha value is -0.480. The van der Waals surface area contributed by atoms with Crippen LogP contribution in [0.3, 0.4) is 0 Å². The average Bonchev–Trinajstić information content (AvgIpc) is 3.10. The molecular weight excluding hydrogens is 358 g/mol. The molecule has 2 fully saturated rings. The van der Waals surface area contributed by atoms with Crippen molar-refractivity contribution in [3.05, 3.63) is 34.3 Å². The van der Waals surface area contributed by atoms with Crippen LogP contribution in [0.15, 0.2) is 28.7 Å². The number of carbonyl (C=O) groups excluding carboxylic acids is 1. The number of rotatable bonds is 6. The molecular formula is C18H24BrNOS. The minimum absolute atomic E-state index is 0.190. The summed E-state index contributed by atoms with van der Waals surface area (Å²) in [5.41, 5.74) is 1.26. The Labute approximate surface area is 146 Å². The third-order valence-corrected chi connectivity index (χ3v) is 6.71. The molecule has 0 aliphatic heterocycles. The summed E-state index contributed by atoms with van der Waals surface area (Å²) < 4.78 is 1.10. The quantitative estimate of drug-likeness (QED) is 0.778. The van der Waals surface area contributed by atoms with Crippen molar-refractivity contribution in [1.29, 1.82) is 0 Å². The first-order valence-corrected chi connectivity index (χ1v) is 10.2. The zero-order valence-corrected chi connectivity index (χ0v) is 15.5. The maximum Gasteiger partial charge on any atom is 0.230 e.